The van der Waals surface area contributed by atoms with Crippen LogP contribution in [0.5, 0.6) is 0 Å². The number of hydrogen-bond acceptors (Lipinski definition) is 5. The van der Waals surface area contributed by atoms with Crippen molar-refractivity contribution in [3.05, 3.63) is 11.4 Å². The van der Waals surface area contributed by atoms with Crippen LogP contribution in [0, 0.1) is 0 Å². The van der Waals surface area contributed by atoms with E-state index in [1.54, 1.807) is 7.11 Å². The molecule has 1 aromatic heterocycles. The molecule has 0 bridgehead atoms. The SMILES string of the molecule is COC1CC(NC(=O)c2n[nH]c(C3CC3)c2S(N)(=O)=O)C1. The standard InChI is InChI=1S/C12H18N4O4S/c1-20-8-4-7(5-8)14-12(17)10-11(21(13,18)19)9(15-16-10)6-2-3-6/h6-8H,2-5H2,1H3,(H,14,17)(H,15,16)(H2,13,18,19). The van der Waals surface area contributed by atoms with E-state index in [2.05, 4.69) is 15.5 Å². The lowest BCUT2D eigenvalue weighted by atomic mass is 9.89. The fourth-order valence-electron chi connectivity index (χ4n) is 2.57. The Labute approximate surface area is 122 Å². The van der Waals surface area contributed by atoms with E-state index in [0.29, 0.717) is 18.5 Å². The molecule has 4 N–H and O–H groups in total. The Morgan fingerprint density at radius 1 is 1.43 bits per heavy atom. The van der Waals surface area contributed by atoms with Crippen molar-refractivity contribution in [3.63, 3.8) is 0 Å². The van der Waals surface area contributed by atoms with Gasteiger partial charge in [0.15, 0.2) is 5.69 Å². The molecule has 0 atom stereocenters. The molecule has 9 heteroatoms. The summed E-state index contributed by atoms with van der Waals surface area (Å²) in [7, 11) is -2.37. The summed E-state index contributed by atoms with van der Waals surface area (Å²) < 4.78 is 28.7. The number of nitrogens with one attached hydrogen (secondary N) is 2. The monoisotopic (exact) mass is 314 g/mol. The number of nitrogens with zero attached hydrogens (tertiary/aromatic N) is 1. The number of rotatable bonds is 5. The van der Waals surface area contributed by atoms with Gasteiger partial charge in [0, 0.05) is 19.1 Å². The number of H-pyrrole nitrogens is 1. The number of ether oxygens (including phenoxy) is 1. The van der Waals surface area contributed by atoms with Crippen molar-refractivity contribution in [3.8, 4) is 0 Å². The summed E-state index contributed by atoms with van der Waals surface area (Å²) in [6.45, 7) is 0. The van der Waals surface area contributed by atoms with Crippen molar-refractivity contribution in [1.82, 2.24) is 15.5 Å². The van der Waals surface area contributed by atoms with Gasteiger partial charge in [0.2, 0.25) is 10.0 Å². The minimum Gasteiger partial charge on any atom is -0.381 e. The van der Waals surface area contributed by atoms with Gasteiger partial charge in [-0.3, -0.25) is 9.89 Å². The Morgan fingerprint density at radius 2 is 2.10 bits per heavy atom. The highest BCUT2D eigenvalue weighted by atomic mass is 32.2. The van der Waals surface area contributed by atoms with E-state index in [4.69, 9.17) is 9.88 Å². The maximum Gasteiger partial charge on any atom is 0.273 e. The molecule has 1 aromatic rings. The molecular formula is C12H18N4O4S. The molecule has 0 saturated heterocycles. The predicted octanol–water partition coefficient (Wildman–Crippen LogP) is -0.158. The van der Waals surface area contributed by atoms with Gasteiger partial charge in [-0.15, -0.1) is 0 Å². The second-order valence-corrected chi connectivity index (χ2v) is 7.13. The molecule has 3 rings (SSSR count). The number of methoxy groups -OCH3 is 1. The van der Waals surface area contributed by atoms with E-state index in [-0.39, 0.29) is 28.7 Å². The van der Waals surface area contributed by atoms with Gasteiger partial charge in [-0.1, -0.05) is 0 Å². The molecule has 0 spiro atoms. The van der Waals surface area contributed by atoms with Gasteiger partial charge in [-0.05, 0) is 25.7 Å². The van der Waals surface area contributed by atoms with Crippen LogP contribution in [0.1, 0.15) is 47.8 Å². The van der Waals surface area contributed by atoms with Gasteiger partial charge in [-0.25, -0.2) is 13.6 Å². The highest BCUT2D eigenvalue weighted by Crippen LogP contribution is 2.42. The summed E-state index contributed by atoms with van der Waals surface area (Å²) in [5.74, 6) is -0.407. The van der Waals surface area contributed by atoms with Crippen molar-refractivity contribution >= 4 is 15.9 Å². The average Bonchev–Trinajstić information content (AvgIpc) is 3.09. The highest BCUT2D eigenvalue weighted by molar-refractivity contribution is 7.89. The number of carbonyl (C=O) groups is 1. The molecule has 116 valence electrons. The molecule has 2 saturated carbocycles. The molecule has 0 aromatic carbocycles. The van der Waals surface area contributed by atoms with Crippen LogP contribution >= 0.6 is 0 Å². The summed E-state index contributed by atoms with van der Waals surface area (Å²) in [5, 5.41) is 14.5. The third-order valence-electron chi connectivity index (χ3n) is 4.00. The van der Waals surface area contributed by atoms with Crippen molar-refractivity contribution in [2.75, 3.05) is 7.11 Å². The zero-order valence-electron chi connectivity index (χ0n) is 11.6. The third kappa shape index (κ3) is 2.81. The van der Waals surface area contributed by atoms with Crippen molar-refractivity contribution in [1.29, 1.82) is 0 Å². The lowest BCUT2D eigenvalue weighted by molar-refractivity contribution is 0.0175. The summed E-state index contributed by atoms with van der Waals surface area (Å²) in [4.78, 5) is 12.1. The van der Waals surface area contributed by atoms with Crippen LogP contribution < -0.4 is 10.5 Å². The smallest absolute Gasteiger partial charge is 0.273 e. The van der Waals surface area contributed by atoms with Gasteiger partial charge in [0.05, 0.1) is 11.8 Å². The van der Waals surface area contributed by atoms with Gasteiger partial charge in [0.25, 0.3) is 5.91 Å². The molecule has 0 radical (unpaired) electrons. The maximum absolute atomic E-state index is 12.2. The molecular weight excluding hydrogens is 296 g/mol. The van der Waals surface area contributed by atoms with E-state index >= 15 is 0 Å². The Hall–Kier alpha value is -1.45. The molecule has 21 heavy (non-hydrogen) atoms. The Kier molecular flexibility index (Phi) is 3.50. The largest absolute Gasteiger partial charge is 0.381 e. The fraction of sp³-hybridized carbons (Fsp3) is 0.667. The lowest BCUT2D eigenvalue weighted by Gasteiger charge is -2.34. The number of aromatic amines is 1. The quantitative estimate of drug-likeness (QED) is 0.696. The topological polar surface area (TPSA) is 127 Å². The van der Waals surface area contributed by atoms with Crippen LogP contribution in [0.15, 0.2) is 4.90 Å². The predicted molar refractivity (Wildman–Crippen MR) is 73.2 cm³/mol. The summed E-state index contributed by atoms with van der Waals surface area (Å²) >= 11 is 0. The number of nitrogens with two attached hydrogens (primary N) is 1. The van der Waals surface area contributed by atoms with Gasteiger partial charge in [-0.2, -0.15) is 5.10 Å². The minimum absolute atomic E-state index is 0.0168. The number of aromatic nitrogens is 2. The van der Waals surface area contributed by atoms with Crippen molar-refractivity contribution < 1.29 is 17.9 Å². The zero-order chi connectivity index (χ0) is 15.2. The average molecular weight is 314 g/mol. The summed E-state index contributed by atoms with van der Waals surface area (Å²) in [5.41, 5.74) is 0.311. The van der Waals surface area contributed by atoms with E-state index in [9.17, 15) is 13.2 Å². The molecule has 0 aliphatic heterocycles. The first-order chi connectivity index (χ1) is 9.90. The first-order valence-electron chi connectivity index (χ1n) is 6.85. The molecule has 8 nitrogen and oxygen atoms in total. The molecule has 1 amide bonds. The summed E-state index contributed by atoms with van der Waals surface area (Å²) in [6.07, 6.45) is 3.34. The molecule has 2 fully saturated rings. The molecule has 2 aliphatic rings. The second kappa shape index (κ2) is 5.08. The van der Waals surface area contributed by atoms with E-state index in [0.717, 1.165) is 12.8 Å². The Balaban J connectivity index is 1.80. The van der Waals surface area contributed by atoms with Gasteiger partial charge < -0.3 is 10.1 Å². The van der Waals surface area contributed by atoms with Gasteiger partial charge in [0.1, 0.15) is 4.90 Å². The van der Waals surface area contributed by atoms with Crippen LogP contribution in [-0.2, 0) is 14.8 Å². The third-order valence-corrected chi connectivity index (χ3v) is 4.98. The molecule has 2 aliphatic carbocycles. The van der Waals surface area contributed by atoms with E-state index in [1.807, 2.05) is 0 Å². The van der Waals surface area contributed by atoms with Crippen LogP contribution in [-0.4, -0.2) is 43.8 Å². The maximum atomic E-state index is 12.2. The number of amides is 1. The van der Waals surface area contributed by atoms with Gasteiger partial charge >= 0.3 is 0 Å². The summed E-state index contributed by atoms with van der Waals surface area (Å²) in [6, 6.07) is -0.0168. The number of carbonyl (C=O) groups excluding carboxylic acids is 1. The van der Waals surface area contributed by atoms with E-state index in [1.165, 1.54) is 0 Å². The first kappa shape index (κ1) is 14.5. The zero-order valence-corrected chi connectivity index (χ0v) is 12.4. The Bertz CT molecular complexity index is 659. The first-order valence-corrected chi connectivity index (χ1v) is 8.39. The number of hydrogen-bond donors (Lipinski definition) is 3. The lowest BCUT2D eigenvalue weighted by Crippen LogP contribution is -2.47. The highest BCUT2D eigenvalue weighted by Gasteiger charge is 2.37. The normalized spacial score (nSPS) is 25.4. The second-order valence-electron chi connectivity index (χ2n) is 5.63. The van der Waals surface area contributed by atoms with Crippen LogP contribution in [0.4, 0.5) is 0 Å². The minimum atomic E-state index is -3.99. The van der Waals surface area contributed by atoms with Crippen LogP contribution in [0.25, 0.3) is 0 Å². The van der Waals surface area contributed by atoms with Crippen molar-refractivity contribution in [2.45, 2.75) is 48.6 Å². The van der Waals surface area contributed by atoms with Crippen LogP contribution in [0.3, 0.4) is 0 Å². The fourth-order valence-corrected chi connectivity index (χ4v) is 3.49. The van der Waals surface area contributed by atoms with Crippen LogP contribution in [0.2, 0.25) is 0 Å². The number of sulfonamides is 1. The Morgan fingerprint density at radius 3 is 2.62 bits per heavy atom. The van der Waals surface area contributed by atoms with E-state index < -0.39 is 15.9 Å². The number of primary sulfonamides is 1. The van der Waals surface area contributed by atoms with Crippen molar-refractivity contribution in [2.24, 2.45) is 5.14 Å². The molecule has 1 heterocycles. The molecule has 0 unspecified atom stereocenters.